The Morgan fingerprint density at radius 1 is 1.44 bits per heavy atom. The summed E-state index contributed by atoms with van der Waals surface area (Å²) in [6, 6.07) is 3.67. The van der Waals surface area contributed by atoms with Crippen LogP contribution >= 0.6 is 0 Å². The summed E-state index contributed by atoms with van der Waals surface area (Å²) >= 11 is 0. The van der Waals surface area contributed by atoms with Crippen molar-refractivity contribution in [1.29, 1.82) is 0 Å². The highest BCUT2D eigenvalue weighted by Crippen LogP contribution is 2.25. The van der Waals surface area contributed by atoms with Crippen LogP contribution in [0.1, 0.15) is 12.5 Å². The van der Waals surface area contributed by atoms with Crippen molar-refractivity contribution >= 4 is 5.97 Å². The van der Waals surface area contributed by atoms with Crippen LogP contribution in [0, 0.1) is 11.6 Å². The number of carbonyl (C=O) groups excluding carboxylic acids is 1. The molecule has 1 aromatic rings. The molecule has 0 aromatic heterocycles. The van der Waals surface area contributed by atoms with E-state index in [1.807, 2.05) is 0 Å². The number of likely N-dealkylation sites (N-methyl/N-ethyl adjacent to an activating group) is 1. The van der Waals surface area contributed by atoms with Crippen molar-refractivity contribution < 1.29 is 18.3 Å². The second-order valence-corrected chi connectivity index (χ2v) is 3.47. The zero-order valence-electron chi connectivity index (χ0n) is 9.30. The molecule has 0 fully saturated rings. The predicted molar refractivity (Wildman–Crippen MR) is 54.8 cm³/mol. The summed E-state index contributed by atoms with van der Waals surface area (Å²) in [5.41, 5.74) is -1.48. The molecule has 0 radical (unpaired) electrons. The van der Waals surface area contributed by atoms with Crippen LogP contribution in [0.2, 0.25) is 0 Å². The fourth-order valence-electron chi connectivity index (χ4n) is 1.44. The van der Waals surface area contributed by atoms with Gasteiger partial charge in [0.25, 0.3) is 0 Å². The van der Waals surface area contributed by atoms with Crippen LogP contribution in [0.15, 0.2) is 18.2 Å². The Balaban J connectivity index is 3.33. The number of hydrogen-bond donors (Lipinski definition) is 1. The number of hydrogen-bond acceptors (Lipinski definition) is 3. The molecule has 1 aromatic carbocycles. The topological polar surface area (TPSA) is 38.3 Å². The molecule has 0 heterocycles. The molecule has 0 amide bonds. The number of esters is 1. The molecule has 88 valence electrons. The number of methoxy groups -OCH3 is 1. The van der Waals surface area contributed by atoms with Crippen molar-refractivity contribution in [3.05, 3.63) is 35.4 Å². The highest BCUT2D eigenvalue weighted by Gasteiger charge is 2.37. The number of benzene rings is 1. The second-order valence-electron chi connectivity index (χ2n) is 3.47. The minimum atomic E-state index is -1.40. The molecule has 0 spiro atoms. The van der Waals surface area contributed by atoms with Crippen LogP contribution in [0.25, 0.3) is 0 Å². The van der Waals surface area contributed by atoms with Gasteiger partial charge in [0.1, 0.15) is 5.54 Å². The van der Waals surface area contributed by atoms with Gasteiger partial charge in [0.05, 0.1) is 7.11 Å². The third-order valence-corrected chi connectivity index (χ3v) is 2.58. The van der Waals surface area contributed by atoms with E-state index in [-0.39, 0.29) is 5.56 Å². The third kappa shape index (κ3) is 1.90. The third-order valence-electron chi connectivity index (χ3n) is 2.58. The monoisotopic (exact) mass is 229 g/mol. The van der Waals surface area contributed by atoms with Crippen molar-refractivity contribution in [1.82, 2.24) is 5.32 Å². The molecule has 0 aliphatic carbocycles. The first-order valence-electron chi connectivity index (χ1n) is 4.69. The molecule has 0 aliphatic rings. The van der Waals surface area contributed by atoms with Gasteiger partial charge < -0.3 is 10.1 Å². The predicted octanol–water partition coefficient (Wildman–Crippen LogP) is 1.57. The van der Waals surface area contributed by atoms with E-state index in [2.05, 4.69) is 10.1 Å². The Morgan fingerprint density at radius 2 is 2.06 bits per heavy atom. The van der Waals surface area contributed by atoms with Crippen LogP contribution in [0.4, 0.5) is 8.78 Å². The fourth-order valence-corrected chi connectivity index (χ4v) is 1.44. The number of rotatable bonds is 3. The number of halogens is 2. The lowest BCUT2D eigenvalue weighted by molar-refractivity contribution is -0.148. The largest absolute Gasteiger partial charge is 0.467 e. The van der Waals surface area contributed by atoms with Gasteiger partial charge in [-0.2, -0.15) is 0 Å². The highest BCUT2D eigenvalue weighted by molar-refractivity contribution is 5.82. The maximum Gasteiger partial charge on any atom is 0.330 e. The van der Waals surface area contributed by atoms with Gasteiger partial charge in [0, 0.05) is 5.56 Å². The lowest BCUT2D eigenvalue weighted by atomic mass is 9.91. The minimum absolute atomic E-state index is 0.0816. The molecule has 16 heavy (non-hydrogen) atoms. The molecule has 0 aliphatic heterocycles. The summed E-state index contributed by atoms with van der Waals surface area (Å²) < 4.78 is 31.2. The van der Waals surface area contributed by atoms with Crippen molar-refractivity contribution in [2.45, 2.75) is 12.5 Å². The minimum Gasteiger partial charge on any atom is -0.467 e. The maximum atomic E-state index is 13.6. The van der Waals surface area contributed by atoms with E-state index < -0.39 is 23.1 Å². The van der Waals surface area contributed by atoms with Gasteiger partial charge in [-0.1, -0.05) is 12.1 Å². The van der Waals surface area contributed by atoms with E-state index in [1.165, 1.54) is 33.2 Å². The molecular formula is C11H13F2NO2. The maximum absolute atomic E-state index is 13.6. The summed E-state index contributed by atoms with van der Waals surface area (Å²) in [6.07, 6.45) is 0. The Kier molecular flexibility index (Phi) is 3.59. The zero-order chi connectivity index (χ0) is 12.3. The van der Waals surface area contributed by atoms with Crippen molar-refractivity contribution in [3.63, 3.8) is 0 Å². The molecule has 3 nitrogen and oxygen atoms in total. The summed E-state index contributed by atoms with van der Waals surface area (Å²) in [5.74, 6) is -2.73. The van der Waals surface area contributed by atoms with Crippen LogP contribution in [-0.4, -0.2) is 20.1 Å². The Labute approximate surface area is 92.4 Å². The first-order valence-corrected chi connectivity index (χ1v) is 4.69. The van der Waals surface area contributed by atoms with Crippen LogP contribution in [0.5, 0.6) is 0 Å². The summed E-state index contributed by atoms with van der Waals surface area (Å²) in [4.78, 5) is 11.6. The molecule has 1 unspecified atom stereocenters. The second kappa shape index (κ2) is 4.57. The molecule has 1 rings (SSSR count). The first-order chi connectivity index (χ1) is 7.47. The molecule has 1 atom stereocenters. The van der Waals surface area contributed by atoms with Crippen molar-refractivity contribution in [2.24, 2.45) is 0 Å². The average molecular weight is 229 g/mol. The van der Waals surface area contributed by atoms with E-state index in [0.717, 1.165) is 6.07 Å². The normalized spacial score (nSPS) is 14.3. The quantitative estimate of drug-likeness (QED) is 0.799. The summed E-state index contributed by atoms with van der Waals surface area (Å²) in [6.45, 7) is 1.43. The molecule has 0 bridgehead atoms. The molecule has 0 saturated heterocycles. The van der Waals surface area contributed by atoms with Gasteiger partial charge in [0.2, 0.25) is 0 Å². The molecular weight excluding hydrogens is 216 g/mol. The summed E-state index contributed by atoms with van der Waals surface area (Å²) in [7, 11) is 2.66. The van der Waals surface area contributed by atoms with E-state index in [1.54, 1.807) is 0 Å². The van der Waals surface area contributed by atoms with E-state index >= 15 is 0 Å². The average Bonchev–Trinajstić information content (AvgIpc) is 2.30. The highest BCUT2D eigenvalue weighted by atomic mass is 19.2. The van der Waals surface area contributed by atoms with Crippen LogP contribution in [-0.2, 0) is 15.1 Å². The van der Waals surface area contributed by atoms with Gasteiger partial charge in [-0.25, -0.2) is 13.6 Å². The standard InChI is InChI=1S/C11H13F2NO2/c1-11(14-2,10(15)16-3)7-5-4-6-8(12)9(7)13/h4-6,14H,1-3H3. The van der Waals surface area contributed by atoms with E-state index in [4.69, 9.17) is 0 Å². The Hall–Kier alpha value is -1.49. The van der Waals surface area contributed by atoms with Gasteiger partial charge in [-0.05, 0) is 20.0 Å². The smallest absolute Gasteiger partial charge is 0.330 e. The lowest BCUT2D eigenvalue weighted by Crippen LogP contribution is -2.46. The Morgan fingerprint density at radius 3 is 2.56 bits per heavy atom. The van der Waals surface area contributed by atoms with Gasteiger partial charge >= 0.3 is 5.97 Å². The zero-order valence-corrected chi connectivity index (χ0v) is 9.30. The number of carbonyl (C=O) groups is 1. The van der Waals surface area contributed by atoms with Crippen molar-refractivity contribution in [2.75, 3.05) is 14.2 Å². The SMILES string of the molecule is CNC(C)(C(=O)OC)c1cccc(F)c1F. The molecule has 1 N–H and O–H groups in total. The Bertz CT molecular complexity index is 409. The number of ether oxygens (including phenoxy) is 1. The van der Waals surface area contributed by atoms with E-state index in [0.29, 0.717) is 0 Å². The van der Waals surface area contributed by atoms with Crippen LogP contribution in [0.3, 0.4) is 0 Å². The van der Waals surface area contributed by atoms with Crippen molar-refractivity contribution in [3.8, 4) is 0 Å². The molecule has 5 heteroatoms. The van der Waals surface area contributed by atoms with Crippen LogP contribution < -0.4 is 5.32 Å². The number of nitrogens with one attached hydrogen (secondary N) is 1. The lowest BCUT2D eigenvalue weighted by Gasteiger charge is -2.26. The summed E-state index contributed by atoms with van der Waals surface area (Å²) in [5, 5.41) is 2.63. The first kappa shape index (κ1) is 12.6. The van der Waals surface area contributed by atoms with Gasteiger partial charge in [-0.3, -0.25) is 0 Å². The molecule has 0 saturated carbocycles. The van der Waals surface area contributed by atoms with E-state index in [9.17, 15) is 13.6 Å². The van der Waals surface area contributed by atoms with Gasteiger partial charge in [-0.15, -0.1) is 0 Å². The van der Waals surface area contributed by atoms with Gasteiger partial charge in [0.15, 0.2) is 11.6 Å². The fraction of sp³-hybridized carbons (Fsp3) is 0.364.